The Bertz CT molecular complexity index is 1040. The van der Waals surface area contributed by atoms with Gasteiger partial charge in [-0.2, -0.15) is 0 Å². The number of benzene rings is 2. The van der Waals surface area contributed by atoms with Crippen LogP contribution in [0.4, 0.5) is 0 Å². The molecule has 0 aliphatic carbocycles. The van der Waals surface area contributed by atoms with Crippen molar-refractivity contribution < 1.29 is 4.79 Å². The van der Waals surface area contributed by atoms with Gasteiger partial charge in [0.2, 0.25) is 0 Å². The summed E-state index contributed by atoms with van der Waals surface area (Å²) >= 11 is 0. The van der Waals surface area contributed by atoms with Crippen LogP contribution in [-0.2, 0) is 11.2 Å². The molecule has 218 valence electrons. The highest BCUT2D eigenvalue weighted by Gasteiger charge is 2.19. The molecule has 0 aliphatic rings. The van der Waals surface area contributed by atoms with Gasteiger partial charge in [0.15, 0.2) is 5.78 Å². The van der Waals surface area contributed by atoms with Crippen LogP contribution in [0.5, 0.6) is 0 Å². The molecule has 1 unspecified atom stereocenters. The van der Waals surface area contributed by atoms with Crippen LogP contribution in [-0.4, -0.2) is 32.6 Å². The Morgan fingerprint density at radius 1 is 0.974 bits per heavy atom. The van der Waals surface area contributed by atoms with Crippen molar-refractivity contribution in [1.29, 1.82) is 0 Å². The van der Waals surface area contributed by atoms with Crippen LogP contribution < -0.4 is 10.6 Å². The molecule has 0 aliphatic heterocycles. The summed E-state index contributed by atoms with van der Waals surface area (Å²) in [6, 6.07) is 15.1. The Balaban J connectivity index is 0. The van der Waals surface area contributed by atoms with Gasteiger partial charge in [-0.1, -0.05) is 110 Å². The second kappa shape index (κ2) is 22.5. The fourth-order valence-electron chi connectivity index (χ4n) is 3.76. The van der Waals surface area contributed by atoms with Crippen LogP contribution in [0.25, 0.3) is 5.57 Å². The number of carbonyl (C=O) groups excluding carboxylic acids is 1. The molecule has 0 radical (unpaired) electrons. The van der Waals surface area contributed by atoms with Crippen LogP contribution in [0.15, 0.2) is 65.2 Å². The highest BCUT2D eigenvalue weighted by atomic mass is 31.0. The smallest absolute Gasteiger partial charge is 0.152 e. The van der Waals surface area contributed by atoms with E-state index in [1.165, 1.54) is 5.56 Å². The van der Waals surface area contributed by atoms with Crippen molar-refractivity contribution >= 4 is 31.6 Å². The molecule has 0 aromatic heterocycles. The molecule has 2 aromatic rings. The lowest BCUT2D eigenvalue weighted by Gasteiger charge is -2.21. The molecule has 0 amide bonds. The van der Waals surface area contributed by atoms with Crippen molar-refractivity contribution in [2.24, 2.45) is 16.8 Å². The summed E-state index contributed by atoms with van der Waals surface area (Å²) in [6.45, 7) is 20.6. The third-order valence-electron chi connectivity index (χ3n) is 5.16. The van der Waals surface area contributed by atoms with Gasteiger partial charge in [0.05, 0.1) is 5.71 Å². The molecule has 2 rings (SSSR count). The third-order valence-corrected chi connectivity index (χ3v) is 5.54. The van der Waals surface area contributed by atoms with Crippen molar-refractivity contribution in [3.8, 4) is 0 Å². The topological polar surface area (TPSA) is 41.5 Å². The SMILES string of the molecule is C/C=C(\C(=C/C(C)=O)C(C)C)c1cc(CCC)ccc1C(=NC)c1ccc(P)cc1.CC.CC(C)C.CNC. The second-order valence-electron chi connectivity index (χ2n) is 10.1. The van der Waals surface area contributed by atoms with Gasteiger partial charge < -0.3 is 5.32 Å². The summed E-state index contributed by atoms with van der Waals surface area (Å²) in [7, 11) is 8.32. The van der Waals surface area contributed by atoms with Crippen LogP contribution in [0.1, 0.15) is 97.9 Å². The van der Waals surface area contributed by atoms with E-state index in [4.69, 9.17) is 0 Å². The van der Waals surface area contributed by atoms with E-state index in [0.717, 1.165) is 57.6 Å². The van der Waals surface area contributed by atoms with Crippen LogP contribution >= 0.6 is 9.24 Å². The van der Waals surface area contributed by atoms with E-state index in [9.17, 15) is 4.79 Å². The molecule has 39 heavy (non-hydrogen) atoms. The molecule has 1 atom stereocenters. The van der Waals surface area contributed by atoms with Gasteiger partial charge in [-0.25, -0.2) is 0 Å². The lowest BCUT2D eigenvalue weighted by Crippen LogP contribution is -2.11. The van der Waals surface area contributed by atoms with E-state index >= 15 is 0 Å². The Kier molecular flexibility index (Phi) is 22.3. The maximum Gasteiger partial charge on any atom is 0.152 e. The summed E-state index contributed by atoms with van der Waals surface area (Å²) in [4.78, 5) is 16.7. The number of aliphatic imine (C=N–C) groups is 1. The molecule has 1 N–H and O–H groups in total. The lowest BCUT2D eigenvalue weighted by molar-refractivity contribution is -0.112. The fraction of sp³-hybridized carbons (Fsp3) is 0.486. The van der Waals surface area contributed by atoms with Gasteiger partial charge in [0, 0.05) is 18.2 Å². The number of carbonyl (C=O) groups is 1. The molecule has 4 heteroatoms. The molecule has 3 nitrogen and oxygen atoms in total. The molecule has 2 aromatic carbocycles. The summed E-state index contributed by atoms with van der Waals surface area (Å²) in [5, 5.41) is 3.90. The zero-order valence-corrected chi connectivity index (χ0v) is 28.4. The molecular weight excluding hydrogens is 495 g/mol. The average molecular weight is 553 g/mol. The van der Waals surface area contributed by atoms with Gasteiger partial charge >= 0.3 is 0 Å². The minimum Gasteiger partial charge on any atom is -0.323 e. The van der Waals surface area contributed by atoms with E-state index in [0.29, 0.717) is 0 Å². The molecule has 0 bridgehead atoms. The Labute approximate surface area is 243 Å². The Morgan fingerprint density at radius 2 is 1.49 bits per heavy atom. The summed E-state index contributed by atoms with van der Waals surface area (Å²) in [5.41, 5.74) is 7.76. The van der Waals surface area contributed by atoms with Gasteiger partial charge in [-0.3, -0.25) is 9.79 Å². The van der Waals surface area contributed by atoms with Crippen LogP contribution in [0.2, 0.25) is 0 Å². The predicted octanol–water partition coefficient (Wildman–Crippen LogP) is 8.71. The number of ketones is 1. The van der Waals surface area contributed by atoms with E-state index < -0.39 is 0 Å². The predicted molar refractivity (Wildman–Crippen MR) is 182 cm³/mol. The first kappa shape index (κ1) is 38.8. The highest BCUT2D eigenvalue weighted by molar-refractivity contribution is 7.27. The zero-order chi connectivity index (χ0) is 30.5. The van der Waals surface area contributed by atoms with Crippen molar-refractivity contribution in [2.45, 2.75) is 82.1 Å². The number of nitrogens with zero attached hydrogens (tertiary/aromatic N) is 1. The van der Waals surface area contributed by atoms with Gasteiger partial charge in [0.25, 0.3) is 0 Å². The van der Waals surface area contributed by atoms with Crippen LogP contribution in [0.3, 0.4) is 0 Å². The highest BCUT2D eigenvalue weighted by Crippen LogP contribution is 2.33. The number of allylic oxidation sites excluding steroid dienone is 4. The molecule has 0 fully saturated rings. The van der Waals surface area contributed by atoms with Crippen molar-refractivity contribution in [3.05, 3.63) is 82.4 Å². The summed E-state index contributed by atoms with van der Waals surface area (Å²) in [6.07, 6.45) is 6.03. The van der Waals surface area contributed by atoms with Gasteiger partial charge in [0.1, 0.15) is 0 Å². The zero-order valence-electron chi connectivity index (χ0n) is 27.2. The standard InChI is InChI=1S/C27H34NOP.C4H10.C2H7N.C2H6/c1-7-9-20-10-15-24(27(28-6)21-11-13-22(30)14-12-21)26(17-20)23(8-2)25(18(3)4)16-19(5)29;1-4(2)3;1-3-2;1-2/h8,10-18H,7,9,30H2,1-6H3;4H,1-3H3;3H,1-2H3;1-2H3/b23-8+,25-16-,28-27?;;;. The van der Waals surface area contributed by atoms with Crippen LogP contribution in [0, 0.1) is 11.8 Å². The normalized spacial score (nSPS) is 11.6. The number of hydrogen-bond donors (Lipinski definition) is 1. The number of rotatable bonds is 8. The fourth-order valence-corrected chi connectivity index (χ4v) is 3.96. The van der Waals surface area contributed by atoms with Crippen molar-refractivity contribution in [3.63, 3.8) is 0 Å². The number of aryl methyl sites for hydroxylation is 1. The van der Waals surface area contributed by atoms with E-state index in [1.54, 1.807) is 13.0 Å². The summed E-state index contributed by atoms with van der Waals surface area (Å²) in [5.74, 6) is 1.14. The Morgan fingerprint density at radius 3 is 1.87 bits per heavy atom. The average Bonchev–Trinajstić information content (AvgIpc) is 2.87. The van der Waals surface area contributed by atoms with Gasteiger partial charge in [-0.05, 0) is 79.9 Å². The Hall–Kier alpha value is -2.35. The molecule has 0 saturated heterocycles. The van der Waals surface area contributed by atoms with E-state index in [1.807, 2.05) is 41.9 Å². The first-order chi connectivity index (χ1) is 18.5. The second-order valence-corrected chi connectivity index (χ2v) is 10.8. The van der Waals surface area contributed by atoms with E-state index in [2.05, 4.69) is 110 Å². The number of hydrogen-bond acceptors (Lipinski definition) is 3. The van der Waals surface area contributed by atoms with Crippen molar-refractivity contribution in [2.75, 3.05) is 21.1 Å². The first-order valence-corrected chi connectivity index (χ1v) is 15.0. The quantitative estimate of drug-likeness (QED) is 0.154. The lowest BCUT2D eigenvalue weighted by atomic mass is 9.84. The number of nitrogens with one attached hydrogen (secondary N) is 1. The molecule has 0 heterocycles. The monoisotopic (exact) mass is 552 g/mol. The van der Waals surface area contributed by atoms with Crippen molar-refractivity contribution in [1.82, 2.24) is 5.32 Å². The maximum atomic E-state index is 12.0. The third kappa shape index (κ3) is 15.1. The molecular formula is C35H57N2OP. The first-order valence-electron chi connectivity index (χ1n) is 14.4. The molecule has 0 spiro atoms. The maximum absolute atomic E-state index is 12.0. The largest absolute Gasteiger partial charge is 0.323 e. The summed E-state index contributed by atoms with van der Waals surface area (Å²) < 4.78 is 0. The minimum atomic E-state index is 0.0738. The van der Waals surface area contributed by atoms with Gasteiger partial charge in [-0.15, -0.1) is 9.24 Å². The molecule has 0 saturated carbocycles. The van der Waals surface area contributed by atoms with E-state index in [-0.39, 0.29) is 11.7 Å². The minimum absolute atomic E-state index is 0.0738.